The normalized spacial score (nSPS) is 24.1. The Morgan fingerprint density at radius 2 is 2.28 bits per heavy atom. The van der Waals surface area contributed by atoms with Gasteiger partial charge in [-0.3, -0.25) is 4.79 Å². The molecule has 1 saturated carbocycles. The van der Waals surface area contributed by atoms with E-state index >= 15 is 0 Å². The van der Waals surface area contributed by atoms with Crippen LogP contribution in [0.5, 0.6) is 0 Å². The molecule has 2 rings (SSSR count). The van der Waals surface area contributed by atoms with Crippen LogP contribution in [0.4, 0.5) is 0 Å². The number of carbonyl (C=O) groups excluding carboxylic acids is 1. The Hall–Kier alpha value is -1.23. The molecule has 1 aliphatic carbocycles. The van der Waals surface area contributed by atoms with Crippen molar-refractivity contribution in [2.45, 2.75) is 58.0 Å². The van der Waals surface area contributed by atoms with Gasteiger partial charge in [-0.25, -0.2) is 9.67 Å². The van der Waals surface area contributed by atoms with Crippen LogP contribution in [0.15, 0.2) is 6.33 Å². The molecule has 2 atom stereocenters. The first-order valence-electron chi connectivity index (χ1n) is 6.87. The predicted molar refractivity (Wildman–Crippen MR) is 69.0 cm³/mol. The fourth-order valence-electron chi connectivity index (χ4n) is 2.67. The van der Waals surface area contributed by atoms with Crippen LogP contribution < -0.4 is 5.73 Å². The van der Waals surface area contributed by atoms with Crippen LogP contribution in [-0.4, -0.2) is 26.6 Å². The molecule has 2 unspecified atom stereocenters. The van der Waals surface area contributed by atoms with Crippen LogP contribution in [0.2, 0.25) is 0 Å². The largest absolute Gasteiger partial charge is 0.327 e. The zero-order chi connectivity index (χ0) is 13.0. The number of hydrogen-bond acceptors (Lipinski definition) is 4. The Kier molecular flexibility index (Phi) is 4.47. The summed E-state index contributed by atoms with van der Waals surface area (Å²) in [7, 11) is 0. The lowest BCUT2D eigenvalue weighted by Gasteiger charge is -2.27. The van der Waals surface area contributed by atoms with Crippen LogP contribution in [0, 0.1) is 5.92 Å². The Labute approximate surface area is 108 Å². The minimum atomic E-state index is 0.0190. The third-order valence-corrected chi connectivity index (χ3v) is 3.70. The molecule has 5 heteroatoms. The van der Waals surface area contributed by atoms with Gasteiger partial charge in [0.15, 0.2) is 0 Å². The van der Waals surface area contributed by atoms with Gasteiger partial charge in [-0.15, -0.1) is 0 Å². The molecule has 1 aromatic heterocycles. The Morgan fingerprint density at radius 1 is 1.50 bits per heavy atom. The maximum absolute atomic E-state index is 12.3. The van der Waals surface area contributed by atoms with Crippen molar-refractivity contribution in [3.05, 3.63) is 12.2 Å². The molecule has 18 heavy (non-hydrogen) atoms. The van der Waals surface area contributed by atoms with E-state index in [-0.39, 0.29) is 17.7 Å². The van der Waals surface area contributed by atoms with Gasteiger partial charge in [0.2, 0.25) is 0 Å². The van der Waals surface area contributed by atoms with Crippen molar-refractivity contribution >= 4 is 5.78 Å². The minimum absolute atomic E-state index is 0.0190. The van der Waals surface area contributed by atoms with Crippen LogP contribution in [-0.2, 0) is 17.8 Å². The second-order valence-corrected chi connectivity index (χ2v) is 5.10. The third-order valence-electron chi connectivity index (χ3n) is 3.70. The van der Waals surface area contributed by atoms with Gasteiger partial charge in [0.05, 0.1) is 6.42 Å². The van der Waals surface area contributed by atoms with Gasteiger partial charge in [-0.2, -0.15) is 5.10 Å². The molecule has 1 aliphatic rings. The zero-order valence-corrected chi connectivity index (χ0v) is 11.0. The van der Waals surface area contributed by atoms with E-state index in [0.717, 1.165) is 44.5 Å². The number of rotatable bonds is 5. The molecule has 0 aromatic carbocycles. The molecule has 0 radical (unpaired) electrons. The van der Waals surface area contributed by atoms with Gasteiger partial charge in [0.1, 0.15) is 17.9 Å². The molecule has 0 amide bonds. The predicted octanol–water partition coefficient (Wildman–Crippen LogP) is 1.32. The van der Waals surface area contributed by atoms with Gasteiger partial charge in [-0.1, -0.05) is 19.8 Å². The summed E-state index contributed by atoms with van der Waals surface area (Å²) in [5, 5.41) is 4.15. The molecular weight excluding hydrogens is 228 g/mol. The van der Waals surface area contributed by atoms with Gasteiger partial charge in [0.25, 0.3) is 0 Å². The summed E-state index contributed by atoms with van der Waals surface area (Å²) < 4.78 is 1.83. The highest BCUT2D eigenvalue weighted by Gasteiger charge is 2.28. The Bertz CT molecular complexity index is 401. The maximum atomic E-state index is 12.3. The SMILES string of the molecule is CCCn1ncnc1CC(=O)C1CCCCC1N. The van der Waals surface area contributed by atoms with Crippen molar-refractivity contribution in [3.63, 3.8) is 0 Å². The summed E-state index contributed by atoms with van der Waals surface area (Å²) in [4.78, 5) is 16.5. The number of carbonyl (C=O) groups is 1. The standard InChI is InChI=1S/C13H22N4O/c1-2-7-17-13(15-9-16-17)8-12(18)10-5-3-4-6-11(10)14/h9-11H,2-8,14H2,1H3. The van der Waals surface area contributed by atoms with E-state index in [1.54, 1.807) is 0 Å². The fourth-order valence-corrected chi connectivity index (χ4v) is 2.67. The van der Waals surface area contributed by atoms with Gasteiger partial charge in [-0.05, 0) is 19.3 Å². The highest BCUT2D eigenvalue weighted by Crippen LogP contribution is 2.24. The maximum Gasteiger partial charge on any atom is 0.145 e. The van der Waals surface area contributed by atoms with Gasteiger partial charge in [0, 0.05) is 18.5 Å². The lowest BCUT2D eigenvalue weighted by molar-refractivity contribution is -0.123. The van der Waals surface area contributed by atoms with Crippen LogP contribution >= 0.6 is 0 Å². The molecule has 0 aliphatic heterocycles. The van der Waals surface area contributed by atoms with Crippen LogP contribution in [0.25, 0.3) is 0 Å². The molecule has 100 valence electrons. The van der Waals surface area contributed by atoms with Crippen molar-refractivity contribution < 1.29 is 4.79 Å². The van der Waals surface area contributed by atoms with Gasteiger partial charge >= 0.3 is 0 Å². The second-order valence-electron chi connectivity index (χ2n) is 5.10. The number of aromatic nitrogens is 3. The van der Waals surface area contributed by atoms with E-state index in [9.17, 15) is 4.79 Å². The first-order chi connectivity index (χ1) is 8.72. The van der Waals surface area contributed by atoms with E-state index in [2.05, 4.69) is 17.0 Å². The molecule has 5 nitrogen and oxygen atoms in total. The number of hydrogen-bond donors (Lipinski definition) is 1. The van der Waals surface area contributed by atoms with Crippen molar-refractivity contribution in [2.75, 3.05) is 0 Å². The van der Waals surface area contributed by atoms with Gasteiger partial charge < -0.3 is 5.73 Å². The summed E-state index contributed by atoms with van der Waals surface area (Å²) in [6, 6.07) is 0.0359. The first-order valence-corrected chi connectivity index (χ1v) is 6.87. The van der Waals surface area contributed by atoms with Crippen molar-refractivity contribution in [1.82, 2.24) is 14.8 Å². The lowest BCUT2D eigenvalue weighted by atomic mass is 9.81. The van der Waals surface area contributed by atoms with Crippen molar-refractivity contribution in [3.8, 4) is 0 Å². The average molecular weight is 250 g/mol. The molecule has 0 saturated heterocycles. The number of nitrogens with two attached hydrogens (primary N) is 1. The topological polar surface area (TPSA) is 73.8 Å². The van der Waals surface area contributed by atoms with E-state index in [0.29, 0.717) is 6.42 Å². The zero-order valence-electron chi connectivity index (χ0n) is 11.0. The highest BCUT2D eigenvalue weighted by atomic mass is 16.1. The van der Waals surface area contributed by atoms with Crippen LogP contribution in [0.1, 0.15) is 44.9 Å². The average Bonchev–Trinajstić information content (AvgIpc) is 2.78. The highest BCUT2D eigenvalue weighted by molar-refractivity contribution is 5.83. The quantitative estimate of drug-likeness (QED) is 0.855. The minimum Gasteiger partial charge on any atom is -0.327 e. The molecule has 0 spiro atoms. The van der Waals surface area contributed by atoms with E-state index in [4.69, 9.17) is 5.73 Å². The molecule has 2 N–H and O–H groups in total. The molecule has 0 bridgehead atoms. The van der Waals surface area contributed by atoms with Crippen molar-refractivity contribution in [1.29, 1.82) is 0 Å². The monoisotopic (exact) mass is 250 g/mol. The van der Waals surface area contributed by atoms with E-state index in [1.807, 2.05) is 4.68 Å². The second kappa shape index (κ2) is 6.09. The van der Waals surface area contributed by atoms with E-state index < -0.39 is 0 Å². The number of Topliss-reactive ketones (excluding diaryl/α,β-unsaturated/α-hetero) is 1. The number of aryl methyl sites for hydroxylation is 1. The Morgan fingerprint density at radius 3 is 3.00 bits per heavy atom. The summed E-state index contributed by atoms with van der Waals surface area (Å²) in [5.74, 6) is 1.03. The summed E-state index contributed by atoms with van der Waals surface area (Å²) >= 11 is 0. The van der Waals surface area contributed by atoms with Crippen molar-refractivity contribution in [2.24, 2.45) is 11.7 Å². The first kappa shape index (κ1) is 13.2. The smallest absolute Gasteiger partial charge is 0.145 e. The number of ketones is 1. The summed E-state index contributed by atoms with van der Waals surface area (Å²) in [6.07, 6.45) is 7.06. The lowest BCUT2D eigenvalue weighted by Crippen LogP contribution is -2.39. The molecule has 1 heterocycles. The molecular formula is C13H22N4O. The van der Waals surface area contributed by atoms with E-state index in [1.165, 1.54) is 6.33 Å². The summed E-state index contributed by atoms with van der Waals surface area (Å²) in [5.41, 5.74) is 6.04. The number of nitrogens with zero attached hydrogens (tertiary/aromatic N) is 3. The third kappa shape index (κ3) is 2.96. The van der Waals surface area contributed by atoms with Crippen LogP contribution in [0.3, 0.4) is 0 Å². The summed E-state index contributed by atoms with van der Waals surface area (Å²) in [6.45, 7) is 2.91. The fraction of sp³-hybridized carbons (Fsp3) is 0.769. The molecule has 1 fully saturated rings. The molecule has 1 aromatic rings. The Balaban J connectivity index is 1.99.